The van der Waals surface area contributed by atoms with Gasteiger partial charge in [-0.25, -0.2) is 0 Å². The SMILES string of the molecule is CC1CCC(CN)CN1C(=O)c1ccccc1Cl. The van der Waals surface area contributed by atoms with Crippen molar-refractivity contribution in [3.8, 4) is 0 Å². The van der Waals surface area contributed by atoms with E-state index in [2.05, 4.69) is 6.92 Å². The Labute approximate surface area is 113 Å². The maximum absolute atomic E-state index is 12.5. The molecule has 0 bridgehead atoms. The molecule has 0 saturated carbocycles. The van der Waals surface area contributed by atoms with Crippen molar-refractivity contribution >= 4 is 17.5 Å². The van der Waals surface area contributed by atoms with Crippen LogP contribution in [0.1, 0.15) is 30.1 Å². The Morgan fingerprint density at radius 1 is 1.44 bits per heavy atom. The predicted molar refractivity (Wildman–Crippen MR) is 73.7 cm³/mol. The average Bonchev–Trinajstić information content (AvgIpc) is 2.39. The highest BCUT2D eigenvalue weighted by Gasteiger charge is 2.29. The summed E-state index contributed by atoms with van der Waals surface area (Å²) < 4.78 is 0. The lowest BCUT2D eigenvalue weighted by Crippen LogP contribution is -2.47. The number of carbonyl (C=O) groups is 1. The molecule has 98 valence electrons. The first-order valence-electron chi connectivity index (χ1n) is 6.39. The molecule has 1 aliphatic heterocycles. The Kier molecular flexibility index (Phi) is 4.25. The molecule has 2 atom stereocenters. The first kappa shape index (κ1) is 13.4. The molecule has 2 unspecified atom stereocenters. The summed E-state index contributed by atoms with van der Waals surface area (Å²) in [5.41, 5.74) is 6.30. The highest BCUT2D eigenvalue weighted by molar-refractivity contribution is 6.33. The molecule has 18 heavy (non-hydrogen) atoms. The summed E-state index contributed by atoms with van der Waals surface area (Å²) in [5.74, 6) is 0.430. The summed E-state index contributed by atoms with van der Waals surface area (Å²) >= 11 is 6.08. The van der Waals surface area contributed by atoms with Crippen LogP contribution in [-0.4, -0.2) is 29.9 Å². The normalized spacial score (nSPS) is 24.1. The van der Waals surface area contributed by atoms with E-state index in [1.54, 1.807) is 12.1 Å². The molecule has 0 aromatic heterocycles. The molecule has 1 aromatic carbocycles. The molecule has 3 nitrogen and oxygen atoms in total. The van der Waals surface area contributed by atoms with Gasteiger partial charge in [0.05, 0.1) is 10.6 Å². The largest absolute Gasteiger partial charge is 0.336 e. The maximum atomic E-state index is 12.5. The van der Waals surface area contributed by atoms with Crippen LogP contribution in [0.15, 0.2) is 24.3 Å². The van der Waals surface area contributed by atoms with Crippen molar-refractivity contribution in [1.82, 2.24) is 4.90 Å². The Balaban J connectivity index is 2.19. The van der Waals surface area contributed by atoms with E-state index < -0.39 is 0 Å². The number of benzene rings is 1. The van der Waals surface area contributed by atoms with Gasteiger partial charge in [-0.2, -0.15) is 0 Å². The molecule has 2 rings (SSSR count). The van der Waals surface area contributed by atoms with Crippen LogP contribution >= 0.6 is 11.6 Å². The number of hydrogen-bond donors (Lipinski definition) is 1. The summed E-state index contributed by atoms with van der Waals surface area (Å²) in [5, 5.41) is 0.518. The van der Waals surface area contributed by atoms with E-state index in [0.717, 1.165) is 19.4 Å². The first-order chi connectivity index (χ1) is 8.63. The molecule has 1 amide bonds. The van der Waals surface area contributed by atoms with E-state index in [1.807, 2.05) is 17.0 Å². The molecule has 0 radical (unpaired) electrons. The van der Waals surface area contributed by atoms with Crippen LogP contribution < -0.4 is 5.73 Å². The van der Waals surface area contributed by atoms with Crippen molar-refractivity contribution in [2.75, 3.05) is 13.1 Å². The summed E-state index contributed by atoms with van der Waals surface area (Å²) in [6.07, 6.45) is 2.11. The van der Waals surface area contributed by atoms with Gasteiger partial charge in [0.15, 0.2) is 0 Å². The van der Waals surface area contributed by atoms with Gasteiger partial charge >= 0.3 is 0 Å². The van der Waals surface area contributed by atoms with Crippen LogP contribution in [0, 0.1) is 5.92 Å². The Morgan fingerprint density at radius 3 is 2.83 bits per heavy atom. The van der Waals surface area contributed by atoms with E-state index in [0.29, 0.717) is 23.0 Å². The van der Waals surface area contributed by atoms with Gasteiger partial charge in [0, 0.05) is 12.6 Å². The van der Waals surface area contributed by atoms with Crippen molar-refractivity contribution in [2.24, 2.45) is 11.7 Å². The van der Waals surface area contributed by atoms with Crippen molar-refractivity contribution in [3.63, 3.8) is 0 Å². The van der Waals surface area contributed by atoms with E-state index in [-0.39, 0.29) is 11.9 Å². The van der Waals surface area contributed by atoms with E-state index in [1.165, 1.54) is 0 Å². The zero-order valence-corrected chi connectivity index (χ0v) is 11.4. The second-order valence-electron chi connectivity index (χ2n) is 4.97. The number of nitrogens with zero attached hydrogens (tertiary/aromatic N) is 1. The van der Waals surface area contributed by atoms with E-state index >= 15 is 0 Å². The van der Waals surface area contributed by atoms with Crippen molar-refractivity contribution in [2.45, 2.75) is 25.8 Å². The molecule has 1 fully saturated rings. The fourth-order valence-electron chi connectivity index (χ4n) is 2.45. The molecule has 0 aliphatic carbocycles. The summed E-state index contributed by atoms with van der Waals surface area (Å²) in [7, 11) is 0. The highest BCUT2D eigenvalue weighted by atomic mass is 35.5. The molecule has 1 heterocycles. The van der Waals surface area contributed by atoms with Gasteiger partial charge in [0.25, 0.3) is 5.91 Å². The number of halogens is 1. The fraction of sp³-hybridized carbons (Fsp3) is 0.500. The predicted octanol–water partition coefficient (Wildman–Crippen LogP) is 2.54. The second kappa shape index (κ2) is 5.72. The molecule has 1 saturated heterocycles. The number of rotatable bonds is 2. The number of likely N-dealkylation sites (tertiary alicyclic amines) is 1. The lowest BCUT2D eigenvalue weighted by molar-refractivity contribution is 0.0567. The van der Waals surface area contributed by atoms with Crippen molar-refractivity contribution in [3.05, 3.63) is 34.9 Å². The number of amides is 1. The molecular formula is C14H19ClN2O. The standard InChI is InChI=1S/C14H19ClN2O/c1-10-6-7-11(8-16)9-17(10)14(18)12-4-2-3-5-13(12)15/h2-5,10-11H,6-9,16H2,1H3. The van der Waals surface area contributed by atoms with E-state index in [9.17, 15) is 4.79 Å². The second-order valence-corrected chi connectivity index (χ2v) is 5.37. The molecule has 2 N–H and O–H groups in total. The summed E-state index contributed by atoms with van der Waals surface area (Å²) in [6, 6.07) is 7.47. The van der Waals surface area contributed by atoms with Crippen molar-refractivity contribution in [1.29, 1.82) is 0 Å². The van der Waals surface area contributed by atoms with Gasteiger partial charge in [-0.15, -0.1) is 0 Å². The maximum Gasteiger partial charge on any atom is 0.255 e. The monoisotopic (exact) mass is 266 g/mol. The van der Waals surface area contributed by atoms with Crippen LogP contribution in [-0.2, 0) is 0 Å². The quantitative estimate of drug-likeness (QED) is 0.894. The highest BCUT2D eigenvalue weighted by Crippen LogP contribution is 2.25. The Morgan fingerprint density at radius 2 is 2.17 bits per heavy atom. The van der Waals surface area contributed by atoms with Crippen LogP contribution in [0.2, 0.25) is 5.02 Å². The number of carbonyl (C=O) groups excluding carboxylic acids is 1. The minimum absolute atomic E-state index is 0.0197. The van der Waals surface area contributed by atoms with Gasteiger partial charge in [-0.3, -0.25) is 4.79 Å². The fourth-order valence-corrected chi connectivity index (χ4v) is 2.66. The van der Waals surface area contributed by atoms with Crippen LogP contribution in [0.25, 0.3) is 0 Å². The van der Waals surface area contributed by atoms with Gasteiger partial charge in [0.1, 0.15) is 0 Å². The third-order valence-electron chi connectivity index (χ3n) is 3.68. The van der Waals surface area contributed by atoms with Crippen LogP contribution in [0.5, 0.6) is 0 Å². The van der Waals surface area contributed by atoms with Gasteiger partial charge in [-0.1, -0.05) is 23.7 Å². The third kappa shape index (κ3) is 2.68. The smallest absolute Gasteiger partial charge is 0.255 e. The van der Waals surface area contributed by atoms with Gasteiger partial charge in [0.2, 0.25) is 0 Å². The zero-order chi connectivity index (χ0) is 13.1. The Hall–Kier alpha value is -1.06. The van der Waals surface area contributed by atoms with Crippen molar-refractivity contribution < 1.29 is 4.79 Å². The minimum Gasteiger partial charge on any atom is -0.336 e. The average molecular weight is 267 g/mol. The van der Waals surface area contributed by atoms with Crippen LogP contribution in [0.3, 0.4) is 0 Å². The van der Waals surface area contributed by atoms with Gasteiger partial charge in [-0.05, 0) is 44.4 Å². The number of hydrogen-bond acceptors (Lipinski definition) is 2. The molecule has 1 aliphatic rings. The van der Waals surface area contributed by atoms with Gasteiger partial charge < -0.3 is 10.6 Å². The van der Waals surface area contributed by atoms with E-state index in [4.69, 9.17) is 17.3 Å². The lowest BCUT2D eigenvalue weighted by atomic mass is 9.93. The van der Waals surface area contributed by atoms with Crippen LogP contribution in [0.4, 0.5) is 0 Å². The topological polar surface area (TPSA) is 46.3 Å². The molecule has 0 spiro atoms. The minimum atomic E-state index is 0.0197. The summed E-state index contributed by atoms with van der Waals surface area (Å²) in [4.78, 5) is 14.4. The Bertz CT molecular complexity index is 436. The molecule has 4 heteroatoms. The molecule has 1 aromatic rings. The zero-order valence-electron chi connectivity index (χ0n) is 10.6. The third-order valence-corrected chi connectivity index (χ3v) is 4.01. The number of piperidine rings is 1. The summed E-state index contributed by atoms with van der Waals surface area (Å²) in [6.45, 7) is 3.46. The number of nitrogens with two attached hydrogens (primary N) is 1. The molecular weight excluding hydrogens is 248 g/mol. The first-order valence-corrected chi connectivity index (χ1v) is 6.77. The lowest BCUT2D eigenvalue weighted by Gasteiger charge is -2.37.